The van der Waals surface area contributed by atoms with Crippen LogP contribution in [0.2, 0.25) is 0 Å². The first-order valence-electron chi connectivity index (χ1n) is 11.2. The molecule has 0 aliphatic carbocycles. The van der Waals surface area contributed by atoms with Gasteiger partial charge in [0.15, 0.2) is 0 Å². The van der Waals surface area contributed by atoms with Crippen LogP contribution in [-0.4, -0.2) is 65.9 Å². The first-order valence-corrected chi connectivity index (χ1v) is 11.2. The van der Waals surface area contributed by atoms with E-state index in [1.165, 1.54) is 0 Å². The molecule has 2 aromatic rings. The molecule has 10 heteroatoms. The molecule has 2 aliphatic heterocycles. The van der Waals surface area contributed by atoms with Crippen molar-refractivity contribution in [2.24, 2.45) is 5.92 Å². The summed E-state index contributed by atoms with van der Waals surface area (Å²) in [6.07, 6.45) is 3.00. The molecule has 2 N–H and O–H groups in total. The summed E-state index contributed by atoms with van der Waals surface area (Å²) in [6.45, 7) is 2.80. The summed E-state index contributed by atoms with van der Waals surface area (Å²) in [4.78, 5) is 24.1. The van der Waals surface area contributed by atoms with Crippen molar-refractivity contribution in [2.75, 3.05) is 32.7 Å². The number of hydrogen-bond donors (Lipinski definition) is 2. The minimum Gasteiger partial charge on any atom is -0.385 e. The van der Waals surface area contributed by atoms with E-state index in [0.29, 0.717) is 19.0 Å². The van der Waals surface area contributed by atoms with Gasteiger partial charge in [0, 0.05) is 17.0 Å². The third-order valence-corrected chi connectivity index (χ3v) is 6.34. The average molecular weight is 464 g/mol. The molecule has 0 atom stereocenters. The van der Waals surface area contributed by atoms with Gasteiger partial charge in [0.25, 0.3) is 0 Å². The van der Waals surface area contributed by atoms with Gasteiger partial charge in [0.2, 0.25) is 0 Å². The number of rotatable bonds is 5. The van der Waals surface area contributed by atoms with Gasteiger partial charge in [-0.25, -0.2) is 4.79 Å². The van der Waals surface area contributed by atoms with Gasteiger partial charge in [-0.05, 0) is 69.4 Å². The Labute approximate surface area is 189 Å². The number of alkyl halides is 3. The molecule has 0 spiro atoms. The van der Waals surface area contributed by atoms with Gasteiger partial charge in [0.1, 0.15) is 0 Å². The Kier molecular flexibility index (Phi) is 7.14. The Balaban J connectivity index is 1.32. The maximum Gasteiger partial charge on any atom is 0.491 e. The standard InChI is InChI=1S/C23H27F3N4O3/c24-23(25,26)22(32)33-20(31)14-30-11-7-17(8-12-30)21-18-4-3-16(13-19(18)28-29-21)2-1-15-5-9-27-10-6-15/h1-4,13,15,17,27H,5-12,14H2,(H,28,29)/b2-1+. The molecule has 4 rings (SSSR count). The first kappa shape index (κ1) is 23.4. The number of hydrogen-bond acceptors (Lipinski definition) is 6. The maximum atomic E-state index is 12.2. The Hall–Kier alpha value is -2.72. The molecule has 1 aromatic carbocycles. The van der Waals surface area contributed by atoms with E-state index < -0.39 is 18.1 Å². The lowest BCUT2D eigenvalue weighted by atomic mass is 9.91. The van der Waals surface area contributed by atoms with Crippen LogP contribution in [0.15, 0.2) is 24.3 Å². The lowest BCUT2D eigenvalue weighted by Gasteiger charge is -2.30. The quantitative estimate of drug-likeness (QED) is 0.521. The van der Waals surface area contributed by atoms with Gasteiger partial charge < -0.3 is 10.1 Å². The maximum absolute atomic E-state index is 12.2. The fourth-order valence-corrected chi connectivity index (χ4v) is 4.50. The molecule has 178 valence electrons. The number of nitrogens with zero attached hydrogens (tertiary/aromatic N) is 2. The van der Waals surface area contributed by atoms with Crippen molar-refractivity contribution in [3.63, 3.8) is 0 Å². The topological polar surface area (TPSA) is 87.3 Å². The van der Waals surface area contributed by atoms with Crippen LogP contribution < -0.4 is 5.32 Å². The Morgan fingerprint density at radius 2 is 1.88 bits per heavy atom. The Morgan fingerprint density at radius 3 is 2.58 bits per heavy atom. The summed E-state index contributed by atoms with van der Waals surface area (Å²) in [5.41, 5.74) is 3.04. The number of likely N-dealkylation sites (tertiary alicyclic amines) is 1. The zero-order valence-electron chi connectivity index (χ0n) is 18.2. The van der Waals surface area contributed by atoms with Crippen LogP contribution in [0.25, 0.3) is 17.0 Å². The van der Waals surface area contributed by atoms with Crippen LogP contribution >= 0.6 is 0 Å². The highest BCUT2D eigenvalue weighted by Gasteiger charge is 2.42. The lowest BCUT2D eigenvalue weighted by Crippen LogP contribution is -2.39. The summed E-state index contributed by atoms with van der Waals surface area (Å²) in [7, 11) is 0. The van der Waals surface area contributed by atoms with Gasteiger partial charge in [-0.1, -0.05) is 24.3 Å². The average Bonchev–Trinajstić information content (AvgIpc) is 3.21. The molecular formula is C23H27F3N4O3. The second-order valence-corrected chi connectivity index (χ2v) is 8.67. The third-order valence-electron chi connectivity index (χ3n) is 6.34. The molecule has 0 unspecified atom stereocenters. The predicted octanol–water partition coefficient (Wildman–Crippen LogP) is 3.39. The zero-order chi connectivity index (χ0) is 23.4. The molecule has 0 amide bonds. The number of ether oxygens (including phenoxy) is 1. The van der Waals surface area contributed by atoms with Crippen molar-refractivity contribution in [3.8, 4) is 0 Å². The van der Waals surface area contributed by atoms with Gasteiger partial charge >= 0.3 is 18.1 Å². The van der Waals surface area contributed by atoms with E-state index in [9.17, 15) is 22.8 Å². The predicted molar refractivity (Wildman–Crippen MR) is 116 cm³/mol. The highest BCUT2D eigenvalue weighted by atomic mass is 19.4. The van der Waals surface area contributed by atoms with Crippen LogP contribution in [0, 0.1) is 5.92 Å². The van der Waals surface area contributed by atoms with Crippen molar-refractivity contribution in [2.45, 2.75) is 37.8 Å². The Morgan fingerprint density at radius 1 is 1.15 bits per heavy atom. The molecule has 1 aromatic heterocycles. The van der Waals surface area contributed by atoms with Crippen LogP contribution in [-0.2, 0) is 14.3 Å². The molecule has 3 heterocycles. The smallest absolute Gasteiger partial charge is 0.385 e. The molecular weight excluding hydrogens is 437 g/mol. The van der Waals surface area contributed by atoms with Gasteiger partial charge in [0.05, 0.1) is 12.1 Å². The number of aromatic amines is 1. The fourth-order valence-electron chi connectivity index (χ4n) is 4.50. The normalized spacial score (nSPS) is 19.4. The molecule has 7 nitrogen and oxygen atoms in total. The van der Waals surface area contributed by atoms with Crippen molar-refractivity contribution in [3.05, 3.63) is 35.5 Å². The second-order valence-electron chi connectivity index (χ2n) is 8.67. The van der Waals surface area contributed by atoms with Gasteiger partial charge in [-0.3, -0.25) is 14.8 Å². The summed E-state index contributed by atoms with van der Waals surface area (Å²) >= 11 is 0. The largest absolute Gasteiger partial charge is 0.491 e. The number of esters is 2. The number of carbonyl (C=O) groups excluding carboxylic acids is 2. The van der Waals surface area contributed by atoms with E-state index in [2.05, 4.69) is 50.6 Å². The SMILES string of the molecule is O=C(CN1CCC(c2[nH]nc3cc(/C=C/C4CCNCC4)ccc23)CC1)OC(=O)C(F)(F)F. The number of allylic oxidation sites excluding steroid dienone is 1. The Bertz CT molecular complexity index is 1020. The van der Waals surface area contributed by atoms with E-state index in [-0.39, 0.29) is 12.5 Å². The summed E-state index contributed by atoms with van der Waals surface area (Å²) in [5, 5.41) is 12.0. The molecule has 2 aliphatic rings. The van der Waals surface area contributed by atoms with Crippen LogP contribution in [0.3, 0.4) is 0 Å². The number of carbonyl (C=O) groups is 2. The molecule has 0 bridgehead atoms. The number of H-pyrrole nitrogens is 1. The van der Waals surface area contributed by atoms with Crippen LogP contribution in [0.4, 0.5) is 13.2 Å². The zero-order valence-corrected chi connectivity index (χ0v) is 18.2. The molecule has 33 heavy (non-hydrogen) atoms. The van der Waals surface area contributed by atoms with Crippen molar-refractivity contribution >= 4 is 28.9 Å². The van der Waals surface area contributed by atoms with Crippen molar-refractivity contribution in [1.82, 2.24) is 20.4 Å². The van der Waals surface area contributed by atoms with Crippen molar-refractivity contribution in [1.29, 1.82) is 0 Å². The fraction of sp³-hybridized carbons (Fsp3) is 0.522. The van der Waals surface area contributed by atoms with E-state index in [0.717, 1.165) is 60.9 Å². The van der Waals surface area contributed by atoms with E-state index in [1.807, 2.05) is 0 Å². The first-order chi connectivity index (χ1) is 15.8. The molecule has 0 radical (unpaired) electrons. The summed E-state index contributed by atoms with van der Waals surface area (Å²) in [6, 6.07) is 6.22. The second kappa shape index (κ2) is 10.0. The van der Waals surface area contributed by atoms with E-state index in [1.54, 1.807) is 4.90 Å². The number of nitrogens with one attached hydrogen (secondary N) is 2. The lowest BCUT2D eigenvalue weighted by molar-refractivity contribution is -0.202. The number of benzene rings is 1. The molecule has 2 fully saturated rings. The summed E-state index contributed by atoms with van der Waals surface area (Å²) < 4.78 is 40.5. The highest BCUT2D eigenvalue weighted by Crippen LogP contribution is 2.32. The summed E-state index contributed by atoms with van der Waals surface area (Å²) in [5.74, 6) is -2.86. The highest BCUT2D eigenvalue weighted by molar-refractivity contribution is 5.89. The van der Waals surface area contributed by atoms with Crippen molar-refractivity contribution < 1.29 is 27.5 Å². The molecule has 0 saturated carbocycles. The monoisotopic (exact) mass is 464 g/mol. The number of piperidine rings is 2. The number of aromatic nitrogens is 2. The third kappa shape index (κ3) is 6.00. The van der Waals surface area contributed by atoms with Crippen LogP contribution in [0.5, 0.6) is 0 Å². The minimum absolute atomic E-state index is 0.204. The van der Waals surface area contributed by atoms with Crippen LogP contribution in [0.1, 0.15) is 42.9 Å². The van der Waals surface area contributed by atoms with Gasteiger partial charge in [-0.15, -0.1) is 0 Å². The number of halogens is 3. The number of fused-ring (bicyclic) bond motifs is 1. The van der Waals surface area contributed by atoms with E-state index in [4.69, 9.17) is 0 Å². The van der Waals surface area contributed by atoms with Gasteiger partial charge in [-0.2, -0.15) is 18.3 Å². The molecule has 2 saturated heterocycles. The van der Waals surface area contributed by atoms with E-state index >= 15 is 0 Å². The minimum atomic E-state index is -5.17.